The summed E-state index contributed by atoms with van der Waals surface area (Å²) in [5.74, 6) is 0. The lowest BCUT2D eigenvalue weighted by Gasteiger charge is -2.19. The summed E-state index contributed by atoms with van der Waals surface area (Å²) in [5.41, 5.74) is 5.75. The predicted octanol–water partition coefficient (Wildman–Crippen LogP) is 2.36. The molecule has 0 atom stereocenters. The Labute approximate surface area is 129 Å². The van der Waals surface area contributed by atoms with Crippen molar-refractivity contribution in [2.24, 2.45) is 0 Å². The largest absolute Gasteiger partial charge is 0.398 e. The summed E-state index contributed by atoms with van der Waals surface area (Å²) in [7, 11) is -2.28. The highest BCUT2D eigenvalue weighted by atomic mass is 35.5. The number of hydrogen-bond donors (Lipinski definition) is 2. The van der Waals surface area contributed by atoms with Crippen LogP contribution >= 0.6 is 23.2 Å². The van der Waals surface area contributed by atoms with Crippen LogP contribution in [0.5, 0.6) is 0 Å². The third kappa shape index (κ3) is 4.23. The van der Waals surface area contributed by atoms with E-state index in [1.54, 1.807) is 0 Å². The average molecular weight is 341 g/mol. The number of nitrogens with two attached hydrogens (primary N) is 1. The van der Waals surface area contributed by atoms with E-state index in [4.69, 9.17) is 34.0 Å². The Hall–Kier alpha value is -0.530. The highest BCUT2D eigenvalue weighted by Crippen LogP contribution is 2.32. The van der Waals surface area contributed by atoms with Gasteiger partial charge in [0.2, 0.25) is 10.0 Å². The zero-order chi connectivity index (χ0) is 15.3. The molecule has 5 nitrogen and oxygen atoms in total. The summed E-state index contributed by atoms with van der Waals surface area (Å²) in [6.45, 7) is 0.438. The molecular weight excluding hydrogens is 323 g/mol. The van der Waals surface area contributed by atoms with Gasteiger partial charge in [0.25, 0.3) is 0 Å². The van der Waals surface area contributed by atoms with Crippen LogP contribution < -0.4 is 5.73 Å². The number of rotatable bonds is 7. The normalized spacial score (nSPS) is 12.1. The fourth-order valence-electron chi connectivity index (χ4n) is 1.75. The summed E-state index contributed by atoms with van der Waals surface area (Å²) >= 11 is 11.7. The molecule has 0 bridgehead atoms. The molecule has 0 saturated carbocycles. The molecule has 0 amide bonds. The Bertz CT molecular complexity index is 541. The van der Waals surface area contributed by atoms with Gasteiger partial charge in [-0.15, -0.1) is 0 Å². The van der Waals surface area contributed by atoms with E-state index in [2.05, 4.69) is 0 Å². The van der Waals surface area contributed by atoms with E-state index in [9.17, 15) is 8.42 Å². The molecular formula is C12H18Cl2N2O3S. The van der Waals surface area contributed by atoms with E-state index < -0.39 is 10.0 Å². The van der Waals surface area contributed by atoms with Crippen LogP contribution in [0.3, 0.4) is 0 Å². The first-order chi connectivity index (χ1) is 9.30. The second-order valence-electron chi connectivity index (χ2n) is 4.42. The number of halogens is 2. The van der Waals surface area contributed by atoms with E-state index in [1.807, 2.05) is 0 Å². The Morgan fingerprint density at radius 3 is 2.45 bits per heavy atom. The van der Waals surface area contributed by atoms with Crippen molar-refractivity contribution in [1.29, 1.82) is 0 Å². The van der Waals surface area contributed by atoms with Crippen LogP contribution in [-0.2, 0) is 10.0 Å². The average Bonchev–Trinajstić information content (AvgIpc) is 2.32. The number of unbranched alkanes of at least 4 members (excludes halogenated alkanes) is 2. The molecule has 0 radical (unpaired) electrons. The molecule has 0 aromatic heterocycles. The van der Waals surface area contributed by atoms with Crippen LogP contribution in [0, 0.1) is 0 Å². The van der Waals surface area contributed by atoms with E-state index in [-0.39, 0.29) is 27.2 Å². The van der Waals surface area contributed by atoms with Gasteiger partial charge < -0.3 is 10.8 Å². The third-order valence-corrected chi connectivity index (χ3v) is 5.44. The third-order valence-electron chi connectivity index (χ3n) is 2.84. The minimum Gasteiger partial charge on any atom is -0.398 e. The fraction of sp³-hybridized carbons (Fsp3) is 0.500. The van der Waals surface area contributed by atoms with Crippen molar-refractivity contribution in [3.63, 3.8) is 0 Å². The Morgan fingerprint density at radius 1 is 1.25 bits per heavy atom. The highest BCUT2D eigenvalue weighted by Gasteiger charge is 2.26. The van der Waals surface area contributed by atoms with Crippen LogP contribution in [0.2, 0.25) is 10.0 Å². The number of aliphatic hydroxyl groups is 1. The number of anilines is 1. The van der Waals surface area contributed by atoms with E-state index in [0.717, 1.165) is 6.42 Å². The van der Waals surface area contributed by atoms with Gasteiger partial charge in [-0.3, -0.25) is 0 Å². The van der Waals surface area contributed by atoms with Crippen LogP contribution in [0.15, 0.2) is 17.0 Å². The minimum absolute atomic E-state index is 0.0113. The van der Waals surface area contributed by atoms with Gasteiger partial charge >= 0.3 is 0 Å². The standard InChI is InChI=1S/C12H18Cl2N2O3S/c1-16(5-3-2-4-6-17)20(18,19)12-10(14)7-9(13)8-11(12)15/h7-8,17H,2-6,15H2,1H3. The molecule has 3 N–H and O–H groups in total. The Balaban J connectivity index is 2.93. The number of sulfonamides is 1. The molecule has 1 rings (SSSR count). The minimum atomic E-state index is -3.75. The van der Waals surface area contributed by atoms with E-state index in [0.29, 0.717) is 19.4 Å². The predicted molar refractivity (Wildman–Crippen MR) is 81.6 cm³/mol. The van der Waals surface area contributed by atoms with Gasteiger partial charge in [-0.2, -0.15) is 0 Å². The topological polar surface area (TPSA) is 83.6 Å². The first-order valence-corrected chi connectivity index (χ1v) is 8.32. The van der Waals surface area contributed by atoms with Gasteiger partial charge in [0.1, 0.15) is 4.90 Å². The molecule has 1 aromatic carbocycles. The maximum absolute atomic E-state index is 12.4. The smallest absolute Gasteiger partial charge is 0.246 e. The van der Waals surface area contributed by atoms with Gasteiger partial charge in [-0.1, -0.05) is 23.2 Å². The summed E-state index contributed by atoms with van der Waals surface area (Å²) in [6, 6.07) is 2.71. The Morgan fingerprint density at radius 2 is 1.90 bits per heavy atom. The van der Waals surface area contributed by atoms with Crippen LogP contribution in [-0.4, -0.2) is 38.0 Å². The number of nitrogen functional groups attached to an aromatic ring is 1. The molecule has 0 fully saturated rings. The lowest BCUT2D eigenvalue weighted by atomic mass is 10.2. The van der Waals surface area contributed by atoms with Crippen molar-refractivity contribution < 1.29 is 13.5 Å². The summed E-state index contributed by atoms with van der Waals surface area (Å²) in [4.78, 5) is -0.117. The molecule has 0 heterocycles. The van der Waals surface area contributed by atoms with Crippen LogP contribution in [0.25, 0.3) is 0 Å². The number of hydrogen-bond acceptors (Lipinski definition) is 4. The van der Waals surface area contributed by atoms with Gasteiger partial charge in [-0.25, -0.2) is 12.7 Å². The first kappa shape index (κ1) is 17.5. The van der Waals surface area contributed by atoms with E-state index in [1.165, 1.54) is 23.5 Å². The van der Waals surface area contributed by atoms with Crippen molar-refractivity contribution in [2.45, 2.75) is 24.2 Å². The van der Waals surface area contributed by atoms with Gasteiger partial charge in [0.05, 0.1) is 10.7 Å². The van der Waals surface area contributed by atoms with Crippen molar-refractivity contribution in [2.75, 3.05) is 25.9 Å². The van der Waals surface area contributed by atoms with Crippen LogP contribution in [0.1, 0.15) is 19.3 Å². The summed E-state index contributed by atoms with van der Waals surface area (Å²) in [5, 5.41) is 8.99. The molecule has 114 valence electrons. The van der Waals surface area contributed by atoms with Crippen LogP contribution in [0.4, 0.5) is 5.69 Å². The monoisotopic (exact) mass is 340 g/mol. The maximum atomic E-state index is 12.4. The van der Waals surface area contributed by atoms with E-state index >= 15 is 0 Å². The lowest BCUT2D eigenvalue weighted by molar-refractivity contribution is 0.281. The summed E-state index contributed by atoms with van der Waals surface area (Å²) < 4.78 is 26.0. The number of benzene rings is 1. The molecule has 0 aliphatic heterocycles. The SMILES string of the molecule is CN(CCCCCO)S(=O)(=O)c1c(N)cc(Cl)cc1Cl. The number of aliphatic hydroxyl groups excluding tert-OH is 1. The molecule has 0 aliphatic rings. The van der Waals surface area contributed by atoms with Crippen molar-refractivity contribution in [3.8, 4) is 0 Å². The fourth-order valence-corrected chi connectivity index (χ4v) is 3.90. The first-order valence-electron chi connectivity index (χ1n) is 6.12. The molecule has 20 heavy (non-hydrogen) atoms. The zero-order valence-electron chi connectivity index (χ0n) is 11.1. The van der Waals surface area contributed by atoms with Crippen molar-refractivity contribution in [3.05, 3.63) is 22.2 Å². The van der Waals surface area contributed by atoms with Gasteiger partial charge in [-0.05, 0) is 31.4 Å². The molecule has 0 aliphatic carbocycles. The molecule has 0 spiro atoms. The van der Waals surface area contributed by atoms with Gasteiger partial charge in [0.15, 0.2) is 0 Å². The summed E-state index contributed by atoms with van der Waals surface area (Å²) in [6.07, 6.45) is 2.05. The van der Waals surface area contributed by atoms with Crippen molar-refractivity contribution in [1.82, 2.24) is 4.31 Å². The maximum Gasteiger partial charge on any atom is 0.246 e. The second-order valence-corrected chi connectivity index (χ2v) is 7.24. The highest BCUT2D eigenvalue weighted by molar-refractivity contribution is 7.89. The van der Waals surface area contributed by atoms with Gasteiger partial charge in [0, 0.05) is 25.2 Å². The second kappa shape index (κ2) is 7.47. The zero-order valence-corrected chi connectivity index (χ0v) is 13.5. The molecule has 0 unspecified atom stereocenters. The number of nitrogens with zero attached hydrogens (tertiary/aromatic N) is 1. The molecule has 8 heteroatoms. The lowest BCUT2D eigenvalue weighted by Crippen LogP contribution is -2.29. The Kier molecular flexibility index (Phi) is 6.54. The molecule has 1 aromatic rings. The quantitative estimate of drug-likeness (QED) is 0.589. The molecule has 0 saturated heterocycles. The van der Waals surface area contributed by atoms with Crippen molar-refractivity contribution >= 4 is 38.9 Å².